The van der Waals surface area contributed by atoms with Crippen molar-refractivity contribution in [3.63, 3.8) is 0 Å². The van der Waals surface area contributed by atoms with Crippen LogP contribution in [0.15, 0.2) is 35.1 Å². The summed E-state index contributed by atoms with van der Waals surface area (Å²) in [7, 11) is 0. The highest BCUT2D eigenvalue weighted by atomic mass is 16.3. The third-order valence-electron chi connectivity index (χ3n) is 2.39. The molecule has 100 valence electrons. The molecule has 2 aromatic rings. The van der Waals surface area contributed by atoms with Crippen LogP contribution < -0.4 is 11.0 Å². The Hall–Kier alpha value is -2.41. The van der Waals surface area contributed by atoms with Gasteiger partial charge in [-0.1, -0.05) is 18.2 Å². The number of amides is 1. The summed E-state index contributed by atoms with van der Waals surface area (Å²) in [6.07, 6.45) is -0.660. The molecule has 0 bridgehead atoms. The van der Waals surface area contributed by atoms with E-state index in [1.54, 1.807) is 31.2 Å². The maximum atomic E-state index is 11.7. The fraction of sp³-hybridized carbons (Fsp3) is 0.250. The van der Waals surface area contributed by atoms with E-state index in [9.17, 15) is 9.59 Å². The Labute approximate surface area is 108 Å². The van der Waals surface area contributed by atoms with E-state index < -0.39 is 17.7 Å². The highest BCUT2D eigenvalue weighted by Gasteiger charge is 2.14. The van der Waals surface area contributed by atoms with Gasteiger partial charge in [0.25, 0.3) is 5.91 Å². The zero-order valence-corrected chi connectivity index (χ0v) is 10.3. The Balaban J connectivity index is 2.22. The van der Waals surface area contributed by atoms with Crippen molar-refractivity contribution >= 4 is 5.91 Å². The number of benzene rings is 1. The molecule has 2 rings (SSSR count). The van der Waals surface area contributed by atoms with Gasteiger partial charge in [-0.2, -0.15) is 4.68 Å². The second-order valence-corrected chi connectivity index (χ2v) is 4.09. The fourth-order valence-corrected chi connectivity index (χ4v) is 1.50. The van der Waals surface area contributed by atoms with Crippen LogP contribution in [0.2, 0.25) is 0 Å². The average Bonchev–Trinajstić information content (AvgIpc) is 2.79. The van der Waals surface area contributed by atoms with Gasteiger partial charge in [-0.15, -0.1) is 5.10 Å². The molecule has 1 atom stereocenters. The summed E-state index contributed by atoms with van der Waals surface area (Å²) in [5.41, 5.74) is 0.0757. The molecule has 0 aliphatic heterocycles. The fourth-order valence-electron chi connectivity index (χ4n) is 1.50. The minimum atomic E-state index is -0.660. The van der Waals surface area contributed by atoms with Crippen LogP contribution in [0.5, 0.6) is 0 Å². The summed E-state index contributed by atoms with van der Waals surface area (Å²) in [4.78, 5) is 25.7. The number of carbonyl (C=O) groups is 1. The lowest BCUT2D eigenvalue weighted by atomic mass is 10.3. The maximum Gasteiger partial charge on any atom is 0.348 e. The molecule has 19 heavy (non-hydrogen) atoms. The number of para-hydroxylation sites is 1. The summed E-state index contributed by atoms with van der Waals surface area (Å²) in [5.74, 6) is -0.623. The van der Waals surface area contributed by atoms with Gasteiger partial charge in [0.15, 0.2) is 0 Å². The SMILES string of the molecule is CC(O)CNC(=O)c1nn(-c2ccccc2)c(=O)[nH]1. The zero-order valence-electron chi connectivity index (χ0n) is 10.3. The number of carbonyl (C=O) groups excluding carboxylic acids is 1. The highest BCUT2D eigenvalue weighted by Crippen LogP contribution is 2.01. The van der Waals surface area contributed by atoms with E-state index in [0.29, 0.717) is 5.69 Å². The molecule has 1 aromatic carbocycles. The van der Waals surface area contributed by atoms with Gasteiger partial charge >= 0.3 is 5.69 Å². The minimum Gasteiger partial charge on any atom is -0.392 e. The number of H-pyrrole nitrogens is 1. The third kappa shape index (κ3) is 3.08. The average molecular weight is 262 g/mol. The number of nitrogens with zero attached hydrogens (tertiary/aromatic N) is 2. The molecule has 0 aliphatic carbocycles. The highest BCUT2D eigenvalue weighted by molar-refractivity contribution is 5.90. The number of hydrogen-bond donors (Lipinski definition) is 3. The summed E-state index contributed by atoms with van der Waals surface area (Å²) >= 11 is 0. The quantitative estimate of drug-likeness (QED) is 0.702. The third-order valence-corrected chi connectivity index (χ3v) is 2.39. The van der Waals surface area contributed by atoms with Crippen LogP contribution in [0.3, 0.4) is 0 Å². The van der Waals surface area contributed by atoms with Crippen molar-refractivity contribution in [2.75, 3.05) is 6.54 Å². The summed E-state index contributed by atoms with van der Waals surface area (Å²) in [5, 5.41) is 15.4. The monoisotopic (exact) mass is 262 g/mol. The first-order chi connectivity index (χ1) is 9.08. The lowest BCUT2D eigenvalue weighted by molar-refractivity contribution is 0.0913. The molecule has 0 saturated heterocycles. The lowest BCUT2D eigenvalue weighted by Crippen LogP contribution is -2.31. The molecule has 7 heteroatoms. The second-order valence-electron chi connectivity index (χ2n) is 4.09. The number of aliphatic hydroxyl groups excluding tert-OH is 1. The predicted octanol–water partition coefficient (Wildman–Crippen LogP) is -0.329. The Morgan fingerprint density at radius 3 is 2.79 bits per heavy atom. The molecule has 1 unspecified atom stereocenters. The molecule has 0 aliphatic rings. The summed E-state index contributed by atoms with van der Waals surface area (Å²) in [6, 6.07) is 8.77. The molecule has 7 nitrogen and oxygen atoms in total. The van der Waals surface area contributed by atoms with E-state index in [2.05, 4.69) is 15.4 Å². The largest absolute Gasteiger partial charge is 0.392 e. The molecule has 0 fully saturated rings. The van der Waals surface area contributed by atoms with E-state index in [1.165, 1.54) is 0 Å². The number of aliphatic hydroxyl groups is 1. The molecular formula is C12H14N4O3. The summed E-state index contributed by atoms with van der Waals surface area (Å²) < 4.78 is 1.11. The van der Waals surface area contributed by atoms with Gasteiger partial charge in [0.2, 0.25) is 5.82 Å². The molecular weight excluding hydrogens is 248 g/mol. The van der Waals surface area contributed by atoms with E-state index in [-0.39, 0.29) is 12.4 Å². The van der Waals surface area contributed by atoms with Crippen molar-refractivity contribution in [3.8, 4) is 5.69 Å². The zero-order chi connectivity index (χ0) is 13.8. The number of nitrogens with one attached hydrogen (secondary N) is 2. The normalized spacial score (nSPS) is 12.1. The minimum absolute atomic E-state index is 0.0884. The smallest absolute Gasteiger partial charge is 0.348 e. The van der Waals surface area contributed by atoms with Gasteiger partial charge in [-0.05, 0) is 19.1 Å². The van der Waals surface area contributed by atoms with E-state index >= 15 is 0 Å². The molecule has 0 saturated carbocycles. The van der Waals surface area contributed by atoms with Crippen molar-refractivity contribution in [1.29, 1.82) is 0 Å². The lowest BCUT2D eigenvalue weighted by Gasteiger charge is -2.04. The van der Waals surface area contributed by atoms with Gasteiger partial charge in [-0.25, -0.2) is 4.79 Å². The van der Waals surface area contributed by atoms with Gasteiger partial charge in [0.1, 0.15) is 0 Å². The first kappa shape index (κ1) is 13.0. The number of aromatic amines is 1. The standard InChI is InChI=1S/C12H14N4O3/c1-8(17)7-13-11(18)10-14-12(19)16(15-10)9-5-3-2-4-6-9/h2-6,8,17H,7H2,1H3,(H,13,18)(H,14,15,19). The van der Waals surface area contributed by atoms with E-state index in [4.69, 9.17) is 5.11 Å². The molecule has 0 spiro atoms. The summed E-state index contributed by atoms with van der Waals surface area (Å²) in [6.45, 7) is 1.64. The van der Waals surface area contributed by atoms with Gasteiger partial charge < -0.3 is 10.4 Å². The molecule has 3 N–H and O–H groups in total. The number of aromatic nitrogens is 3. The Morgan fingerprint density at radius 2 is 2.16 bits per heavy atom. The predicted molar refractivity (Wildman–Crippen MR) is 68.2 cm³/mol. The van der Waals surface area contributed by atoms with Crippen LogP contribution in [-0.4, -0.2) is 38.4 Å². The van der Waals surface area contributed by atoms with Gasteiger partial charge in [0, 0.05) is 6.54 Å². The van der Waals surface area contributed by atoms with E-state index in [0.717, 1.165) is 4.68 Å². The Kier molecular flexibility index (Phi) is 3.76. The topological polar surface area (TPSA) is 100 Å². The van der Waals surface area contributed by atoms with Crippen LogP contribution >= 0.6 is 0 Å². The van der Waals surface area contributed by atoms with Crippen molar-refractivity contribution in [2.45, 2.75) is 13.0 Å². The maximum absolute atomic E-state index is 11.7. The first-order valence-corrected chi connectivity index (χ1v) is 5.79. The first-order valence-electron chi connectivity index (χ1n) is 5.79. The Bertz CT molecular complexity index is 615. The number of rotatable bonds is 4. The molecule has 0 radical (unpaired) electrons. The van der Waals surface area contributed by atoms with Crippen molar-refractivity contribution < 1.29 is 9.90 Å². The van der Waals surface area contributed by atoms with Crippen LogP contribution in [0.1, 0.15) is 17.5 Å². The van der Waals surface area contributed by atoms with Crippen LogP contribution in [-0.2, 0) is 0 Å². The van der Waals surface area contributed by atoms with Crippen LogP contribution in [0.25, 0.3) is 5.69 Å². The van der Waals surface area contributed by atoms with Crippen molar-refractivity contribution in [2.24, 2.45) is 0 Å². The second kappa shape index (κ2) is 5.49. The van der Waals surface area contributed by atoms with Gasteiger partial charge in [0.05, 0.1) is 11.8 Å². The van der Waals surface area contributed by atoms with E-state index in [1.807, 2.05) is 6.07 Å². The number of hydrogen-bond acceptors (Lipinski definition) is 4. The molecule has 1 amide bonds. The molecule has 1 aromatic heterocycles. The molecule has 1 heterocycles. The van der Waals surface area contributed by atoms with Crippen molar-refractivity contribution in [1.82, 2.24) is 20.1 Å². The van der Waals surface area contributed by atoms with Crippen LogP contribution in [0.4, 0.5) is 0 Å². The van der Waals surface area contributed by atoms with Crippen molar-refractivity contribution in [3.05, 3.63) is 46.6 Å². The van der Waals surface area contributed by atoms with Gasteiger partial charge in [-0.3, -0.25) is 9.78 Å². The Morgan fingerprint density at radius 1 is 1.47 bits per heavy atom. The van der Waals surface area contributed by atoms with Crippen LogP contribution in [0, 0.1) is 0 Å².